The van der Waals surface area contributed by atoms with Gasteiger partial charge in [0.05, 0.1) is 11.3 Å². The Morgan fingerprint density at radius 3 is 2.35 bits per heavy atom. The van der Waals surface area contributed by atoms with Gasteiger partial charge in [0.25, 0.3) is 0 Å². The molecule has 0 aliphatic carbocycles. The van der Waals surface area contributed by atoms with Crippen LogP contribution in [-0.4, -0.2) is 24.6 Å². The van der Waals surface area contributed by atoms with E-state index in [1.807, 2.05) is 39.8 Å². The van der Waals surface area contributed by atoms with Crippen LogP contribution in [0.3, 0.4) is 0 Å². The Hall–Kier alpha value is -1.35. The van der Waals surface area contributed by atoms with Gasteiger partial charge in [-0.15, -0.1) is 11.6 Å². The third kappa shape index (κ3) is 1.87. The van der Waals surface area contributed by atoms with Crippen molar-refractivity contribution >= 4 is 29.0 Å². The summed E-state index contributed by atoms with van der Waals surface area (Å²) in [5.74, 6) is -0.0359. The van der Waals surface area contributed by atoms with E-state index in [2.05, 4.69) is 0 Å². The summed E-state index contributed by atoms with van der Waals surface area (Å²) >= 11 is 5.63. The highest BCUT2D eigenvalue weighted by atomic mass is 35.5. The van der Waals surface area contributed by atoms with E-state index in [-0.39, 0.29) is 23.0 Å². The van der Waals surface area contributed by atoms with Gasteiger partial charge in [-0.05, 0) is 23.8 Å². The molecule has 0 atom stereocenters. The summed E-state index contributed by atoms with van der Waals surface area (Å²) in [6.07, 6.45) is 0. The highest BCUT2D eigenvalue weighted by Gasteiger charge is 2.50. The van der Waals surface area contributed by atoms with Gasteiger partial charge in [-0.3, -0.25) is 9.59 Å². The maximum atomic E-state index is 12.5. The van der Waals surface area contributed by atoms with E-state index in [0.717, 1.165) is 11.3 Å². The van der Waals surface area contributed by atoms with Crippen LogP contribution in [-0.2, 0) is 10.2 Å². The lowest BCUT2D eigenvalue weighted by Crippen LogP contribution is -2.54. The van der Waals surface area contributed by atoms with E-state index >= 15 is 0 Å². The highest BCUT2D eigenvalue weighted by Crippen LogP contribution is 2.50. The van der Waals surface area contributed by atoms with Crippen LogP contribution in [0.1, 0.15) is 43.6 Å². The van der Waals surface area contributed by atoms with Crippen molar-refractivity contribution in [1.29, 1.82) is 0 Å². The van der Waals surface area contributed by atoms with Gasteiger partial charge in [-0.25, -0.2) is 0 Å². The number of Topliss-reactive ketones (excluding diaryl/α,β-unsaturated/α-hetero) is 1. The van der Waals surface area contributed by atoms with Crippen molar-refractivity contribution in [3.8, 4) is 0 Å². The molecular formula is C16H20ClNO2. The summed E-state index contributed by atoms with van der Waals surface area (Å²) in [6.45, 7) is 7.99. The topological polar surface area (TPSA) is 37.4 Å². The van der Waals surface area contributed by atoms with Crippen LogP contribution in [0.4, 0.5) is 5.69 Å². The number of rotatable bonds is 2. The van der Waals surface area contributed by atoms with E-state index < -0.39 is 5.41 Å². The summed E-state index contributed by atoms with van der Waals surface area (Å²) in [5.41, 5.74) is 1.60. The molecule has 1 aromatic carbocycles. The van der Waals surface area contributed by atoms with Crippen LogP contribution in [0.2, 0.25) is 0 Å². The molecule has 0 radical (unpaired) electrons. The lowest BCUT2D eigenvalue weighted by molar-refractivity contribution is -0.130. The minimum Gasteiger partial charge on any atom is -0.315 e. The molecule has 20 heavy (non-hydrogen) atoms. The zero-order chi connectivity index (χ0) is 15.3. The third-order valence-corrected chi connectivity index (χ3v) is 5.12. The van der Waals surface area contributed by atoms with Gasteiger partial charge in [0.1, 0.15) is 0 Å². The Balaban J connectivity index is 2.69. The molecule has 1 heterocycles. The molecule has 1 amide bonds. The standard InChI is InChI=1S/C16H20ClNO2/c1-15(2)11-8-10(13(19)9-17)6-7-12(11)18(5)14(20)16(15,3)4/h6-8H,9H2,1-5H3. The number of benzene rings is 1. The quantitative estimate of drug-likeness (QED) is 0.619. The fraction of sp³-hybridized carbons (Fsp3) is 0.500. The molecule has 1 aromatic rings. The number of hydrogen-bond donors (Lipinski definition) is 0. The minimum atomic E-state index is -0.530. The zero-order valence-corrected chi connectivity index (χ0v) is 13.3. The molecule has 1 aliphatic rings. The predicted molar refractivity (Wildman–Crippen MR) is 81.7 cm³/mol. The van der Waals surface area contributed by atoms with Crippen LogP contribution in [0.25, 0.3) is 0 Å². The molecule has 0 N–H and O–H groups in total. The number of carbonyl (C=O) groups is 2. The van der Waals surface area contributed by atoms with E-state index in [0.29, 0.717) is 5.56 Å². The van der Waals surface area contributed by atoms with Crippen molar-refractivity contribution in [3.63, 3.8) is 0 Å². The summed E-state index contributed by atoms with van der Waals surface area (Å²) < 4.78 is 0. The lowest BCUT2D eigenvalue weighted by Gasteiger charge is -2.48. The van der Waals surface area contributed by atoms with Crippen LogP contribution in [0.5, 0.6) is 0 Å². The molecule has 2 rings (SSSR count). The normalized spacial score (nSPS) is 19.7. The van der Waals surface area contributed by atoms with Crippen molar-refractivity contribution in [3.05, 3.63) is 29.3 Å². The largest absolute Gasteiger partial charge is 0.315 e. The molecule has 0 aromatic heterocycles. The second-order valence-electron chi connectivity index (χ2n) is 6.40. The van der Waals surface area contributed by atoms with Crippen LogP contribution in [0, 0.1) is 5.41 Å². The number of ketones is 1. The molecule has 0 saturated carbocycles. The van der Waals surface area contributed by atoms with Gasteiger partial charge >= 0.3 is 0 Å². The molecule has 0 fully saturated rings. The molecular weight excluding hydrogens is 274 g/mol. The zero-order valence-electron chi connectivity index (χ0n) is 12.6. The second kappa shape index (κ2) is 4.59. The molecule has 3 nitrogen and oxygen atoms in total. The summed E-state index contributed by atoms with van der Waals surface area (Å²) in [4.78, 5) is 26.0. The van der Waals surface area contributed by atoms with Gasteiger partial charge in [0, 0.05) is 23.7 Å². The minimum absolute atomic E-state index is 0.0304. The van der Waals surface area contributed by atoms with E-state index in [1.54, 1.807) is 18.0 Å². The number of amides is 1. The first-order chi connectivity index (χ1) is 9.14. The molecule has 0 bridgehead atoms. The number of anilines is 1. The first-order valence-electron chi connectivity index (χ1n) is 6.66. The van der Waals surface area contributed by atoms with E-state index in [4.69, 9.17) is 11.6 Å². The average Bonchev–Trinajstić information content (AvgIpc) is 2.42. The summed E-state index contributed by atoms with van der Waals surface area (Å²) in [6, 6.07) is 5.45. The van der Waals surface area contributed by atoms with Crippen molar-refractivity contribution in [2.45, 2.75) is 33.1 Å². The van der Waals surface area contributed by atoms with Gasteiger partial charge in [-0.2, -0.15) is 0 Å². The number of hydrogen-bond acceptors (Lipinski definition) is 2. The van der Waals surface area contributed by atoms with Crippen molar-refractivity contribution in [2.75, 3.05) is 17.8 Å². The molecule has 0 spiro atoms. The number of fused-ring (bicyclic) bond motifs is 1. The van der Waals surface area contributed by atoms with Gasteiger partial charge in [0.2, 0.25) is 5.91 Å². The first kappa shape index (κ1) is 15.0. The smallest absolute Gasteiger partial charge is 0.233 e. The van der Waals surface area contributed by atoms with Crippen LogP contribution in [0.15, 0.2) is 18.2 Å². The summed E-state index contributed by atoms with van der Waals surface area (Å²) in [5, 5.41) is 0. The predicted octanol–water partition coefficient (Wildman–Crippen LogP) is 3.39. The Bertz CT molecular complexity index is 590. The first-order valence-corrected chi connectivity index (χ1v) is 7.20. The molecule has 4 heteroatoms. The molecule has 0 unspecified atom stereocenters. The SMILES string of the molecule is CN1C(=O)C(C)(C)C(C)(C)c2cc(C(=O)CCl)ccc21. The monoisotopic (exact) mass is 293 g/mol. The Morgan fingerprint density at radius 1 is 1.20 bits per heavy atom. The Morgan fingerprint density at radius 2 is 1.80 bits per heavy atom. The lowest BCUT2D eigenvalue weighted by atomic mass is 9.60. The van der Waals surface area contributed by atoms with Gasteiger partial charge < -0.3 is 4.90 Å². The average molecular weight is 294 g/mol. The van der Waals surface area contributed by atoms with Crippen molar-refractivity contribution in [2.24, 2.45) is 5.41 Å². The molecule has 0 saturated heterocycles. The van der Waals surface area contributed by atoms with Crippen LogP contribution >= 0.6 is 11.6 Å². The fourth-order valence-electron chi connectivity index (χ4n) is 2.71. The maximum Gasteiger partial charge on any atom is 0.233 e. The number of halogens is 1. The Kier molecular flexibility index (Phi) is 3.45. The van der Waals surface area contributed by atoms with Gasteiger partial charge in [-0.1, -0.05) is 27.7 Å². The van der Waals surface area contributed by atoms with E-state index in [9.17, 15) is 9.59 Å². The van der Waals surface area contributed by atoms with Crippen molar-refractivity contribution in [1.82, 2.24) is 0 Å². The number of carbonyl (C=O) groups excluding carboxylic acids is 2. The molecule has 1 aliphatic heterocycles. The fourth-order valence-corrected chi connectivity index (χ4v) is 2.87. The summed E-state index contributed by atoms with van der Waals surface area (Å²) in [7, 11) is 1.78. The van der Waals surface area contributed by atoms with Crippen molar-refractivity contribution < 1.29 is 9.59 Å². The number of nitrogens with zero attached hydrogens (tertiary/aromatic N) is 1. The Labute approximate surface area is 124 Å². The highest BCUT2D eigenvalue weighted by molar-refractivity contribution is 6.30. The van der Waals surface area contributed by atoms with Gasteiger partial charge in [0.15, 0.2) is 5.78 Å². The van der Waals surface area contributed by atoms with Crippen LogP contribution < -0.4 is 4.90 Å². The van der Waals surface area contributed by atoms with E-state index in [1.165, 1.54) is 0 Å². The second-order valence-corrected chi connectivity index (χ2v) is 6.67. The maximum absolute atomic E-state index is 12.5. The molecule has 108 valence electrons. The third-order valence-electron chi connectivity index (χ3n) is 4.88. The number of alkyl halides is 1.